The Bertz CT molecular complexity index is 753. The molecule has 1 N–H and O–H groups in total. The van der Waals surface area contributed by atoms with Crippen LogP contribution in [0.25, 0.3) is 22.0 Å². The molecule has 1 aromatic heterocycles. The number of rotatable bonds is 3. The number of ether oxygens (including phenoxy) is 1. The first-order valence-electron chi connectivity index (χ1n) is 6.58. The van der Waals surface area contributed by atoms with Crippen molar-refractivity contribution < 1.29 is 9.84 Å². The second-order valence-electron chi connectivity index (χ2n) is 4.56. The van der Waals surface area contributed by atoms with Gasteiger partial charge in [0, 0.05) is 17.8 Å². The maximum absolute atomic E-state index is 9.48. The Morgan fingerprint density at radius 3 is 2.65 bits per heavy atom. The van der Waals surface area contributed by atoms with E-state index >= 15 is 0 Å². The van der Waals surface area contributed by atoms with E-state index in [2.05, 4.69) is 11.1 Å². The fraction of sp³-hybridized carbons (Fsp3) is 0.118. The van der Waals surface area contributed by atoms with Gasteiger partial charge in [0.1, 0.15) is 11.5 Å². The number of phenols is 1. The molecule has 1 heterocycles. The maximum atomic E-state index is 9.48. The van der Waals surface area contributed by atoms with Gasteiger partial charge in [0.15, 0.2) is 0 Å². The third-order valence-electron chi connectivity index (χ3n) is 3.16. The monoisotopic (exact) mass is 265 g/mol. The molecule has 3 heteroatoms. The zero-order valence-electron chi connectivity index (χ0n) is 11.2. The number of nitrogens with zero attached hydrogens (tertiary/aromatic N) is 1. The van der Waals surface area contributed by atoms with Gasteiger partial charge in [-0.05, 0) is 42.0 Å². The van der Waals surface area contributed by atoms with Crippen molar-refractivity contribution in [1.82, 2.24) is 4.98 Å². The van der Waals surface area contributed by atoms with Crippen molar-refractivity contribution in [2.45, 2.75) is 6.92 Å². The van der Waals surface area contributed by atoms with Gasteiger partial charge in [0.2, 0.25) is 0 Å². The summed E-state index contributed by atoms with van der Waals surface area (Å²) in [5.41, 5.74) is 1.91. The number of pyridine rings is 1. The molecule has 2 aromatic carbocycles. The van der Waals surface area contributed by atoms with Gasteiger partial charge >= 0.3 is 0 Å². The van der Waals surface area contributed by atoms with Crippen LogP contribution in [0.5, 0.6) is 11.5 Å². The van der Waals surface area contributed by atoms with Crippen molar-refractivity contribution >= 4 is 10.8 Å². The molecule has 0 aliphatic carbocycles. The molecule has 0 spiro atoms. The lowest BCUT2D eigenvalue weighted by Gasteiger charge is -2.07. The molecule has 0 bridgehead atoms. The third-order valence-corrected chi connectivity index (χ3v) is 3.16. The van der Waals surface area contributed by atoms with Gasteiger partial charge in [-0.2, -0.15) is 0 Å². The predicted octanol–water partition coefficient (Wildman–Crippen LogP) is 4.01. The molecule has 3 rings (SSSR count). The Labute approximate surface area is 117 Å². The maximum Gasteiger partial charge on any atom is 0.122 e. The zero-order valence-corrected chi connectivity index (χ0v) is 11.2. The van der Waals surface area contributed by atoms with Gasteiger partial charge in [0.25, 0.3) is 0 Å². The third kappa shape index (κ3) is 2.43. The second kappa shape index (κ2) is 5.21. The summed E-state index contributed by atoms with van der Waals surface area (Å²) >= 11 is 0. The average molecular weight is 265 g/mol. The summed E-state index contributed by atoms with van der Waals surface area (Å²) in [7, 11) is 0. The van der Waals surface area contributed by atoms with E-state index in [0.717, 1.165) is 27.8 Å². The highest BCUT2D eigenvalue weighted by Crippen LogP contribution is 2.27. The predicted molar refractivity (Wildman–Crippen MR) is 80.0 cm³/mol. The van der Waals surface area contributed by atoms with Gasteiger partial charge < -0.3 is 9.84 Å². The zero-order chi connectivity index (χ0) is 13.9. The van der Waals surface area contributed by atoms with Crippen molar-refractivity contribution in [1.29, 1.82) is 0 Å². The van der Waals surface area contributed by atoms with Crippen LogP contribution in [-0.2, 0) is 0 Å². The molecule has 0 aliphatic heterocycles. The van der Waals surface area contributed by atoms with E-state index in [1.165, 1.54) is 0 Å². The van der Waals surface area contributed by atoms with Crippen LogP contribution in [-0.4, -0.2) is 16.7 Å². The van der Waals surface area contributed by atoms with E-state index in [4.69, 9.17) is 4.74 Å². The van der Waals surface area contributed by atoms with Crippen LogP contribution in [0, 0.1) is 0 Å². The summed E-state index contributed by atoms with van der Waals surface area (Å²) in [6.07, 6.45) is 1.75. The number of phenolic OH excluding ortho intramolecular Hbond substituents is 1. The molecule has 0 radical (unpaired) electrons. The van der Waals surface area contributed by atoms with Crippen LogP contribution in [0.3, 0.4) is 0 Å². The van der Waals surface area contributed by atoms with E-state index in [0.29, 0.717) is 6.61 Å². The van der Waals surface area contributed by atoms with Gasteiger partial charge in [0.05, 0.1) is 12.3 Å². The van der Waals surface area contributed by atoms with Gasteiger partial charge in [-0.15, -0.1) is 0 Å². The quantitative estimate of drug-likeness (QED) is 0.778. The van der Waals surface area contributed by atoms with E-state index in [-0.39, 0.29) is 5.75 Å². The molecule has 100 valence electrons. The van der Waals surface area contributed by atoms with Gasteiger partial charge in [-0.1, -0.05) is 18.2 Å². The number of hydrogen-bond donors (Lipinski definition) is 1. The molecule has 0 aliphatic rings. The molecule has 0 fully saturated rings. The minimum atomic E-state index is 0.279. The summed E-state index contributed by atoms with van der Waals surface area (Å²) in [5, 5.41) is 11.6. The Kier molecular flexibility index (Phi) is 3.25. The molecular formula is C17H15NO2. The SMILES string of the molecule is CCOc1ccnc(-c2ccc3cc(O)ccc3c2)c1. The van der Waals surface area contributed by atoms with Gasteiger partial charge in [-0.25, -0.2) is 0 Å². The Balaban J connectivity index is 2.05. The van der Waals surface area contributed by atoms with E-state index in [1.807, 2.05) is 37.3 Å². The summed E-state index contributed by atoms with van der Waals surface area (Å²) in [5.74, 6) is 1.10. The van der Waals surface area contributed by atoms with Crippen LogP contribution in [0.1, 0.15) is 6.92 Å². The molecule has 3 nitrogen and oxygen atoms in total. The first-order valence-corrected chi connectivity index (χ1v) is 6.58. The average Bonchev–Trinajstić information content (AvgIpc) is 2.47. The van der Waals surface area contributed by atoms with E-state index < -0.39 is 0 Å². The van der Waals surface area contributed by atoms with Crippen molar-refractivity contribution in [3.05, 3.63) is 54.7 Å². The number of benzene rings is 2. The van der Waals surface area contributed by atoms with Crippen molar-refractivity contribution in [3.63, 3.8) is 0 Å². The summed E-state index contributed by atoms with van der Waals surface area (Å²) < 4.78 is 5.50. The van der Waals surface area contributed by atoms with Gasteiger partial charge in [-0.3, -0.25) is 4.98 Å². The minimum absolute atomic E-state index is 0.279. The number of fused-ring (bicyclic) bond motifs is 1. The molecular weight excluding hydrogens is 250 g/mol. The smallest absolute Gasteiger partial charge is 0.122 e. The van der Waals surface area contributed by atoms with Crippen LogP contribution in [0.2, 0.25) is 0 Å². The fourth-order valence-electron chi connectivity index (χ4n) is 2.22. The topological polar surface area (TPSA) is 42.4 Å². The minimum Gasteiger partial charge on any atom is -0.508 e. The second-order valence-corrected chi connectivity index (χ2v) is 4.56. The first-order chi connectivity index (χ1) is 9.76. The largest absolute Gasteiger partial charge is 0.508 e. The lowest BCUT2D eigenvalue weighted by Crippen LogP contribution is -1.92. The molecule has 3 aromatic rings. The van der Waals surface area contributed by atoms with Crippen LogP contribution >= 0.6 is 0 Å². The normalized spacial score (nSPS) is 10.7. The highest BCUT2D eigenvalue weighted by molar-refractivity contribution is 5.87. The molecule has 20 heavy (non-hydrogen) atoms. The van der Waals surface area contributed by atoms with E-state index in [1.54, 1.807) is 18.3 Å². The Morgan fingerprint density at radius 1 is 1.00 bits per heavy atom. The summed E-state index contributed by atoms with van der Waals surface area (Å²) in [4.78, 5) is 4.39. The Morgan fingerprint density at radius 2 is 1.80 bits per heavy atom. The highest BCUT2D eigenvalue weighted by Gasteiger charge is 2.03. The standard InChI is InChI=1S/C17H15NO2/c1-2-20-16-7-8-18-17(11-16)14-4-3-13-10-15(19)6-5-12(13)9-14/h3-11,19H,2H2,1H3. The molecule has 0 saturated heterocycles. The van der Waals surface area contributed by atoms with Crippen LogP contribution < -0.4 is 4.74 Å². The molecule has 0 atom stereocenters. The summed E-state index contributed by atoms with van der Waals surface area (Å²) in [6, 6.07) is 15.2. The number of aromatic nitrogens is 1. The van der Waals surface area contributed by atoms with Crippen molar-refractivity contribution in [2.24, 2.45) is 0 Å². The Hall–Kier alpha value is -2.55. The first kappa shape index (κ1) is 12.5. The molecule has 0 unspecified atom stereocenters. The number of hydrogen-bond acceptors (Lipinski definition) is 3. The molecule has 0 saturated carbocycles. The van der Waals surface area contributed by atoms with Crippen molar-refractivity contribution in [2.75, 3.05) is 6.61 Å². The highest BCUT2D eigenvalue weighted by atomic mass is 16.5. The van der Waals surface area contributed by atoms with Crippen molar-refractivity contribution in [3.8, 4) is 22.8 Å². The lowest BCUT2D eigenvalue weighted by molar-refractivity contribution is 0.340. The van der Waals surface area contributed by atoms with Crippen LogP contribution in [0.15, 0.2) is 54.7 Å². The van der Waals surface area contributed by atoms with E-state index in [9.17, 15) is 5.11 Å². The molecule has 0 amide bonds. The van der Waals surface area contributed by atoms with Crippen LogP contribution in [0.4, 0.5) is 0 Å². The fourth-order valence-corrected chi connectivity index (χ4v) is 2.22. The summed E-state index contributed by atoms with van der Waals surface area (Å²) in [6.45, 7) is 2.60. The number of aromatic hydroxyl groups is 1. The lowest BCUT2D eigenvalue weighted by atomic mass is 10.0.